The fourth-order valence-electron chi connectivity index (χ4n) is 6.08. The van der Waals surface area contributed by atoms with Gasteiger partial charge in [-0.3, -0.25) is 23.5 Å². The van der Waals surface area contributed by atoms with Gasteiger partial charge in [0.1, 0.15) is 24.3 Å². The van der Waals surface area contributed by atoms with Gasteiger partial charge in [0.25, 0.3) is 0 Å². The SMILES string of the molecule is Cl.NCC(N)=O.[N-]=[N+]=N[C@]1(CO)OC(n2ccc(NCC(N)=O)nc2=O)[C@@H](F)C1O.[N-]=[N+]=N[C@]1(COC(=O)c2cccc(Cl)c2)OC(n2ccc(NCC(N)=O)nc2=O)[C@@H](F)C1OC(=O)c1ccccc1. The Hall–Kier alpha value is -7.99. The van der Waals surface area contributed by atoms with Gasteiger partial charge < -0.3 is 62.7 Å². The van der Waals surface area contributed by atoms with Crippen LogP contribution < -0.4 is 44.9 Å². The van der Waals surface area contributed by atoms with Crippen molar-refractivity contribution in [2.45, 2.75) is 48.5 Å². The van der Waals surface area contributed by atoms with Crippen molar-refractivity contribution >= 4 is 65.3 Å². The molecule has 0 radical (unpaired) electrons. The van der Waals surface area contributed by atoms with Gasteiger partial charge in [-0.15, -0.1) is 12.4 Å². The van der Waals surface area contributed by atoms with Gasteiger partial charge in [0.2, 0.25) is 29.2 Å². The van der Waals surface area contributed by atoms with E-state index < -0.39 is 103 Å². The first-order valence-electron chi connectivity index (χ1n) is 19.7. The second-order valence-corrected chi connectivity index (χ2v) is 14.6. The van der Waals surface area contributed by atoms with E-state index in [1.165, 1.54) is 48.5 Å². The molecule has 4 unspecified atom stereocenters. The number of carbonyl (C=O) groups is 5. The number of primary amides is 3. The van der Waals surface area contributed by atoms with Gasteiger partial charge in [-0.1, -0.05) is 46.1 Å². The predicted octanol–water partition coefficient (Wildman–Crippen LogP) is -0.0306. The number of amides is 3. The highest BCUT2D eigenvalue weighted by Crippen LogP contribution is 2.43. The monoisotopic (exact) mass is 1040 g/mol. The number of hydrogen-bond donors (Lipinski definition) is 8. The Balaban J connectivity index is 0.000000376. The van der Waals surface area contributed by atoms with Crippen molar-refractivity contribution in [1.82, 2.24) is 19.1 Å². The van der Waals surface area contributed by atoms with E-state index >= 15 is 4.39 Å². The summed E-state index contributed by atoms with van der Waals surface area (Å²) in [5.41, 5.74) is 30.4. The van der Waals surface area contributed by atoms with E-state index in [0.29, 0.717) is 4.57 Å². The number of nitrogens with one attached hydrogen (secondary N) is 2. The Kier molecular flexibility index (Phi) is 21.1. The Labute approximate surface area is 407 Å². The first-order chi connectivity index (χ1) is 33.2. The molecule has 0 spiro atoms. The predicted molar refractivity (Wildman–Crippen MR) is 242 cm³/mol. The second kappa shape index (κ2) is 26.1. The van der Waals surface area contributed by atoms with Crippen LogP contribution in [0.2, 0.25) is 5.02 Å². The minimum atomic E-state index is -2.44. The normalized spacial score (nSPS) is 22.7. The summed E-state index contributed by atoms with van der Waals surface area (Å²) in [5, 5.41) is 31.0. The van der Waals surface area contributed by atoms with Gasteiger partial charge in [-0.2, -0.15) is 9.97 Å². The number of nitrogens with two attached hydrogens (primary N) is 4. The molecule has 3 amide bonds. The molecule has 2 aromatic carbocycles. The van der Waals surface area contributed by atoms with E-state index in [2.05, 4.69) is 46.4 Å². The first-order valence-corrected chi connectivity index (χ1v) is 20.1. The molecular formula is C38H42Cl2F2N16O13. The van der Waals surface area contributed by atoms with Crippen LogP contribution in [0.15, 0.2) is 98.9 Å². The van der Waals surface area contributed by atoms with Crippen LogP contribution in [0.1, 0.15) is 33.2 Å². The zero-order valence-corrected chi connectivity index (χ0v) is 37.8. The lowest BCUT2D eigenvalue weighted by atomic mass is 10.1. The zero-order chi connectivity index (χ0) is 51.8. The molecule has 71 heavy (non-hydrogen) atoms. The Bertz CT molecular complexity index is 2770. The van der Waals surface area contributed by atoms with Crippen molar-refractivity contribution in [3.8, 4) is 0 Å². The quantitative estimate of drug-likeness (QED) is 0.0298. The summed E-state index contributed by atoms with van der Waals surface area (Å²) in [7, 11) is 0. The fourth-order valence-corrected chi connectivity index (χ4v) is 6.27. The molecule has 33 heteroatoms. The van der Waals surface area contributed by atoms with Gasteiger partial charge in [0.05, 0.1) is 37.4 Å². The van der Waals surface area contributed by atoms with Crippen molar-refractivity contribution in [2.24, 2.45) is 33.2 Å². The Morgan fingerprint density at radius 1 is 0.789 bits per heavy atom. The van der Waals surface area contributed by atoms with E-state index in [1.54, 1.807) is 18.2 Å². The number of aliphatic hydroxyl groups is 2. The molecule has 2 saturated heterocycles. The van der Waals surface area contributed by atoms with E-state index in [4.69, 9.17) is 53.3 Å². The molecule has 6 rings (SSSR count). The fraction of sp³-hybridized carbons (Fsp3) is 0.342. The summed E-state index contributed by atoms with van der Waals surface area (Å²) in [6.45, 7) is -2.54. The molecule has 2 aliphatic heterocycles. The van der Waals surface area contributed by atoms with Gasteiger partial charge in [-0.25, -0.2) is 28.0 Å². The van der Waals surface area contributed by atoms with E-state index in [1.807, 2.05) is 0 Å². The average Bonchev–Trinajstić information content (AvgIpc) is 3.74. The van der Waals surface area contributed by atoms with Crippen LogP contribution in [0.5, 0.6) is 0 Å². The molecule has 2 fully saturated rings. The highest BCUT2D eigenvalue weighted by atomic mass is 35.5. The summed E-state index contributed by atoms with van der Waals surface area (Å²) in [4.78, 5) is 93.9. The Morgan fingerprint density at radius 2 is 1.28 bits per heavy atom. The number of anilines is 2. The van der Waals surface area contributed by atoms with E-state index in [9.17, 15) is 53.7 Å². The number of carbonyl (C=O) groups excluding carboxylic acids is 5. The summed E-state index contributed by atoms with van der Waals surface area (Å²) in [5.74, 6) is -3.81. The third kappa shape index (κ3) is 14.8. The largest absolute Gasteiger partial charge is 0.459 e. The lowest BCUT2D eigenvalue weighted by molar-refractivity contribution is -0.129. The molecule has 380 valence electrons. The lowest BCUT2D eigenvalue weighted by Crippen LogP contribution is -2.47. The third-order valence-electron chi connectivity index (χ3n) is 9.36. The maximum atomic E-state index is 16.1. The number of nitrogens with zero attached hydrogens (tertiary/aromatic N) is 10. The number of azide groups is 2. The molecule has 2 aromatic heterocycles. The topological polar surface area (TPSA) is 458 Å². The van der Waals surface area contributed by atoms with Crippen LogP contribution in [0, 0.1) is 0 Å². The van der Waals surface area contributed by atoms with Crippen molar-refractivity contribution in [1.29, 1.82) is 0 Å². The zero-order valence-electron chi connectivity index (χ0n) is 36.2. The standard InChI is InChI=1S/C25H21ClFN7O7.C11H14FN7O5.C2H6N2O.ClH/c26-16-8-4-7-15(11-16)22(36)39-13-25(32-33-29)20(40-23(37)14-5-2-1-3-6-14)19(27)21(41-25)34-10-9-18(31-24(34)38)30-12-17(28)35;12-7-8(22)11(4-20,17-18-14)24-9(7)19-2-1-6(16-10(19)23)15-3-5(13)21;3-1-2(4)5;/h1-11,19-21H,12-13H2,(H2,28,35)(H,30,31,38);1-2,7-9,20,22H,3-4H2,(H2,13,21)(H,15,16,23);1,3H2,(H2,4,5);1H/t19-,20?,21?,25+;7-,8?,9?,11+;;/m00../s1. The summed E-state index contributed by atoms with van der Waals surface area (Å²) < 4.78 is 53.3. The summed E-state index contributed by atoms with van der Waals surface area (Å²) in [6.07, 6.45) is -9.76. The summed E-state index contributed by atoms with van der Waals surface area (Å²) >= 11 is 5.93. The maximum Gasteiger partial charge on any atom is 0.351 e. The van der Waals surface area contributed by atoms with Crippen molar-refractivity contribution in [2.75, 3.05) is 43.5 Å². The highest BCUT2D eigenvalue weighted by molar-refractivity contribution is 6.30. The smallest absolute Gasteiger partial charge is 0.351 e. The second-order valence-electron chi connectivity index (χ2n) is 14.2. The summed E-state index contributed by atoms with van der Waals surface area (Å²) in [6, 6.07) is 15.8. The minimum Gasteiger partial charge on any atom is -0.459 e. The lowest BCUT2D eigenvalue weighted by Gasteiger charge is -2.28. The number of aromatic nitrogens is 4. The van der Waals surface area contributed by atoms with E-state index in [-0.39, 0.29) is 59.8 Å². The van der Waals surface area contributed by atoms with Gasteiger partial charge in [0.15, 0.2) is 30.9 Å². The van der Waals surface area contributed by atoms with Crippen LogP contribution >= 0.6 is 24.0 Å². The van der Waals surface area contributed by atoms with Crippen molar-refractivity contribution in [3.05, 3.63) is 137 Å². The number of aliphatic hydroxyl groups excluding tert-OH is 2. The molecule has 0 saturated carbocycles. The Morgan fingerprint density at radius 3 is 1.75 bits per heavy atom. The number of halogens is 4. The van der Waals surface area contributed by atoms with Crippen LogP contribution in [0.25, 0.3) is 20.9 Å². The molecule has 4 aromatic rings. The molecule has 0 aliphatic carbocycles. The third-order valence-corrected chi connectivity index (χ3v) is 9.59. The first kappa shape index (κ1) is 57.3. The van der Waals surface area contributed by atoms with Crippen molar-refractivity contribution in [3.63, 3.8) is 0 Å². The van der Waals surface area contributed by atoms with Gasteiger partial charge in [0, 0.05) is 27.2 Å². The molecule has 0 bridgehead atoms. The number of alkyl halides is 2. The van der Waals surface area contributed by atoms with E-state index in [0.717, 1.165) is 17.0 Å². The average molecular weight is 1040 g/mol. The van der Waals surface area contributed by atoms with Gasteiger partial charge in [-0.05, 0) is 53.5 Å². The molecule has 12 N–H and O–H groups in total. The molecule has 2 aliphatic rings. The number of rotatable bonds is 17. The molecule has 8 atom stereocenters. The minimum absolute atomic E-state index is 0. The molecule has 4 heterocycles. The number of esters is 2. The number of ether oxygens (including phenoxy) is 4. The molecule has 29 nitrogen and oxygen atoms in total. The van der Waals surface area contributed by atoms with Crippen LogP contribution in [0.4, 0.5) is 20.4 Å². The number of benzene rings is 2. The number of hydrogen-bond acceptors (Lipinski definition) is 20. The maximum absolute atomic E-state index is 16.1. The van der Waals surface area contributed by atoms with Crippen LogP contribution in [-0.4, -0.2) is 128 Å². The van der Waals surface area contributed by atoms with Crippen LogP contribution in [0.3, 0.4) is 0 Å². The van der Waals surface area contributed by atoms with Crippen LogP contribution in [-0.2, 0) is 33.3 Å². The molecular weight excluding hydrogens is 997 g/mol. The van der Waals surface area contributed by atoms with Gasteiger partial charge >= 0.3 is 23.3 Å². The highest BCUT2D eigenvalue weighted by Gasteiger charge is 2.60. The van der Waals surface area contributed by atoms with Crippen molar-refractivity contribution < 1.29 is 61.9 Å².